The van der Waals surface area contributed by atoms with Crippen molar-refractivity contribution in [2.45, 2.75) is 33.2 Å². The van der Waals surface area contributed by atoms with Crippen molar-refractivity contribution in [1.82, 2.24) is 15.1 Å². The Morgan fingerprint density at radius 3 is 2.71 bits per heavy atom. The van der Waals surface area contributed by atoms with E-state index < -0.39 is 0 Å². The van der Waals surface area contributed by atoms with Gasteiger partial charge in [0.2, 0.25) is 0 Å². The fourth-order valence-corrected chi connectivity index (χ4v) is 2.43. The van der Waals surface area contributed by atoms with Crippen molar-refractivity contribution < 1.29 is 5.11 Å². The minimum atomic E-state index is 0.269. The maximum Gasteiger partial charge on any atom is 0.0645 e. The van der Waals surface area contributed by atoms with Gasteiger partial charge in [-0.15, -0.1) is 0 Å². The van der Waals surface area contributed by atoms with E-state index in [1.165, 1.54) is 5.56 Å². The molecule has 0 amide bonds. The molecular weight excluding hydrogens is 262 g/mol. The Bertz CT molecular complexity index is 536. The van der Waals surface area contributed by atoms with Gasteiger partial charge in [0, 0.05) is 24.9 Å². The third kappa shape index (κ3) is 4.41. The first kappa shape index (κ1) is 15.7. The summed E-state index contributed by atoms with van der Waals surface area (Å²) >= 11 is 0. The molecule has 0 fully saturated rings. The third-order valence-electron chi connectivity index (χ3n) is 3.88. The number of aryl methyl sites for hydroxylation is 1. The van der Waals surface area contributed by atoms with E-state index in [0.717, 1.165) is 37.3 Å². The van der Waals surface area contributed by atoms with Crippen LogP contribution in [0.1, 0.15) is 31.0 Å². The van der Waals surface area contributed by atoms with Gasteiger partial charge in [0.05, 0.1) is 11.4 Å². The minimum Gasteiger partial charge on any atom is -0.396 e. The first-order valence-corrected chi connectivity index (χ1v) is 7.66. The average molecular weight is 287 g/mol. The van der Waals surface area contributed by atoms with Gasteiger partial charge in [-0.1, -0.05) is 31.5 Å². The smallest absolute Gasteiger partial charge is 0.0645 e. The summed E-state index contributed by atoms with van der Waals surface area (Å²) in [7, 11) is 0. The SMILES string of the molecule is CCC(CCO)CNCc1cn(-c2ccccc2)nc1C. The standard InChI is InChI=1S/C17H25N3O/c1-3-15(9-10-21)11-18-12-16-13-20(19-14(16)2)17-7-5-4-6-8-17/h4-8,13,15,18,21H,3,9-12H2,1-2H3. The van der Waals surface area contributed by atoms with Gasteiger partial charge in [-0.05, 0) is 37.9 Å². The van der Waals surface area contributed by atoms with Crippen LogP contribution >= 0.6 is 0 Å². The maximum absolute atomic E-state index is 9.02. The largest absolute Gasteiger partial charge is 0.396 e. The molecule has 1 aromatic carbocycles. The first-order chi connectivity index (χ1) is 10.2. The summed E-state index contributed by atoms with van der Waals surface area (Å²) < 4.78 is 1.93. The van der Waals surface area contributed by atoms with E-state index in [0.29, 0.717) is 5.92 Å². The Labute approximate surface area is 126 Å². The molecule has 2 N–H and O–H groups in total. The molecular formula is C17H25N3O. The molecule has 1 unspecified atom stereocenters. The lowest BCUT2D eigenvalue weighted by molar-refractivity contribution is 0.251. The zero-order valence-electron chi connectivity index (χ0n) is 12.9. The second kappa shape index (κ2) is 7.96. The number of para-hydroxylation sites is 1. The van der Waals surface area contributed by atoms with Crippen LogP contribution in [-0.4, -0.2) is 28.0 Å². The molecule has 0 aliphatic rings. The Kier molecular flexibility index (Phi) is 5.96. The zero-order valence-corrected chi connectivity index (χ0v) is 12.9. The summed E-state index contributed by atoms with van der Waals surface area (Å²) in [5.41, 5.74) is 3.36. The molecule has 0 radical (unpaired) electrons. The van der Waals surface area contributed by atoms with Crippen molar-refractivity contribution in [2.24, 2.45) is 5.92 Å². The van der Waals surface area contributed by atoms with Crippen molar-refractivity contribution in [1.29, 1.82) is 0 Å². The first-order valence-electron chi connectivity index (χ1n) is 7.66. The molecule has 1 heterocycles. The molecule has 4 heteroatoms. The van der Waals surface area contributed by atoms with Gasteiger partial charge in [-0.25, -0.2) is 4.68 Å². The normalized spacial score (nSPS) is 12.5. The molecule has 2 rings (SSSR count). The van der Waals surface area contributed by atoms with Crippen LogP contribution < -0.4 is 5.32 Å². The van der Waals surface area contributed by atoms with Crippen molar-refractivity contribution >= 4 is 0 Å². The quantitative estimate of drug-likeness (QED) is 0.785. The summed E-state index contributed by atoms with van der Waals surface area (Å²) in [6.07, 6.45) is 4.05. The van der Waals surface area contributed by atoms with Crippen molar-refractivity contribution in [3.8, 4) is 5.69 Å². The second-order valence-electron chi connectivity index (χ2n) is 5.44. The second-order valence-corrected chi connectivity index (χ2v) is 5.44. The Morgan fingerprint density at radius 2 is 2.05 bits per heavy atom. The molecule has 4 nitrogen and oxygen atoms in total. The highest BCUT2D eigenvalue weighted by Gasteiger charge is 2.08. The lowest BCUT2D eigenvalue weighted by Crippen LogP contribution is -2.23. The highest BCUT2D eigenvalue weighted by molar-refractivity contribution is 5.32. The van der Waals surface area contributed by atoms with Gasteiger partial charge in [-0.2, -0.15) is 5.10 Å². The number of aromatic nitrogens is 2. The topological polar surface area (TPSA) is 50.1 Å². The average Bonchev–Trinajstić information content (AvgIpc) is 2.88. The number of aliphatic hydroxyl groups excluding tert-OH is 1. The number of nitrogens with one attached hydrogen (secondary N) is 1. The number of nitrogens with zero attached hydrogens (tertiary/aromatic N) is 2. The van der Waals surface area contributed by atoms with Crippen molar-refractivity contribution in [2.75, 3.05) is 13.2 Å². The van der Waals surface area contributed by atoms with Gasteiger partial charge in [0.1, 0.15) is 0 Å². The summed E-state index contributed by atoms with van der Waals surface area (Å²) in [6.45, 7) is 6.24. The molecule has 0 spiro atoms. The summed E-state index contributed by atoms with van der Waals surface area (Å²) in [5, 5.41) is 17.1. The van der Waals surface area contributed by atoms with E-state index in [1.807, 2.05) is 29.8 Å². The predicted octanol–water partition coefficient (Wildman–Crippen LogP) is 2.68. The van der Waals surface area contributed by atoms with Crippen LogP contribution in [0.4, 0.5) is 0 Å². The molecule has 0 bridgehead atoms. The number of aliphatic hydroxyl groups is 1. The Morgan fingerprint density at radius 1 is 1.29 bits per heavy atom. The van der Waals surface area contributed by atoms with Crippen LogP contribution in [0, 0.1) is 12.8 Å². The van der Waals surface area contributed by atoms with E-state index in [-0.39, 0.29) is 6.61 Å². The molecule has 0 aliphatic carbocycles. The molecule has 2 aromatic rings. The van der Waals surface area contributed by atoms with E-state index in [9.17, 15) is 0 Å². The minimum absolute atomic E-state index is 0.269. The van der Waals surface area contributed by atoms with Crippen molar-refractivity contribution in [3.05, 3.63) is 47.8 Å². The molecule has 114 valence electrons. The number of benzene rings is 1. The van der Waals surface area contributed by atoms with E-state index in [1.54, 1.807) is 0 Å². The van der Waals surface area contributed by atoms with Gasteiger partial charge in [0.15, 0.2) is 0 Å². The molecule has 0 saturated carbocycles. The van der Waals surface area contributed by atoms with Crippen LogP contribution in [-0.2, 0) is 6.54 Å². The van der Waals surface area contributed by atoms with Crippen LogP contribution in [0.5, 0.6) is 0 Å². The lowest BCUT2D eigenvalue weighted by Gasteiger charge is -2.13. The van der Waals surface area contributed by atoms with Crippen LogP contribution in [0.3, 0.4) is 0 Å². The van der Waals surface area contributed by atoms with Gasteiger partial charge in [0.25, 0.3) is 0 Å². The summed E-state index contributed by atoms with van der Waals surface area (Å²) in [6, 6.07) is 10.2. The van der Waals surface area contributed by atoms with E-state index >= 15 is 0 Å². The van der Waals surface area contributed by atoms with Crippen LogP contribution in [0.15, 0.2) is 36.5 Å². The fraction of sp³-hybridized carbons (Fsp3) is 0.471. The monoisotopic (exact) mass is 287 g/mol. The molecule has 21 heavy (non-hydrogen) atoms. The summed E-state index contributed by atoms with van der Waals surface area (Å²) in [5.74, 6) is 0.541. The fourth-order valence-electron chi connectivity index (χ4n) is 2.43. The van der Waals surface area contributed by atoms with Gasteiger partial charge in [-0.3, -0.25) is 0 Å². The molecule has 0 aliphatic heterocycles. The number of hydrogen-bond donors (Lipinski definition) is 2. The predicted molar refractivity (Wildman–Crippen MR) is 85.5 cm³/mol. The third-order valence-corrected chi connectivity index (χ3v) is 3.88. The van der Waals surface area contributed by atoms with Gasteiger partial charge >= 0.3 is 0 Å². The van der Waals surface area contributed by atoms with Crippen molar-refractivity contribution in [3.63, 3.8) is 0 Å². The highest BCUT2D eigenvalue weighted by Crippen LogP contribution is 2.12. The van der Waals surface area contributed by atoms with E-state index in [2.05, 4.69) is 35.7 Å². The zero-order chi connectivity index (χ0) is 15.1. The molecule has 0 saturated heterocycles. The molecule has 1 atom stereocenters. The number of hydrogen-bond acceptors (Lipinski definition) is 3. The molecule has 1 aromatic heterocycles. The Hall–Kier alpha value is -1.65. The highest BCUT2D eigenvalue weighted by atomic mass is 16.3. The maximum atomic E-state index is 9.02. The Balaban J connectivity index is 1.94. The lowest BCUT2D eigenvalue weighted by atomic mass is 10.0. The summed E-state index contributed by atoms with van der Waals surface area (Å²) in [4.78, 5) is 0. The van der Waals surface area contributed by atoms with Gasteiger partial charge < -0.3 is 10.4 Å². The van der Waals surface area contributed by atoms with Crippen LogP contribution in [0.2, 0.25) is 0 Å². The number of rotatable bonds is 8. The van der Waals surface area contributed by atoms with E-state index in [4.69, 9.17) is 5.11 Å². The van der Waals surface area contributed by atoms with Crippen LogP contribution in [0.25, 0.3) is 5.69 Å².